The lowest BCUT2D eigenvalue weighted by Gasteiger charge is -2.19. The predicted octanol–water partition coefficient (Wildman–Crippen LogP) is 4.20. The van der Waals surface area contributed by atoms with Gasteiger partial charge in [-0.05, 0) is 11.8 Å². The SMILES string of the molecule is CCCCB(OC(=NC(=N)C(F)(F)F)C(F)(F)F)c1ccccc1. The highest BCUT2D eigenvalue weighted by Gasteiger charge is 2.44. The molecule has 1 N–H and O–H groups in total. The van der Waals surface area contributed by atoms with Crippen molar-refractivity contribution >= 4 is 24.1 Å². The Balaban J connectivity index is 3.13. The standard InChI is InChI=1S/C14H15BF6N2O/c1-2-3-9-15(10-7-5-4-6-8-10)24-12(14(19,20)21)23-11(22)13(16,17)18/h4-8,22H,2-3,9H2,1H3. The summed E-state index contributed by atoms with van der Waals surface area (Å²) in [5.41, 5.74) is 0.390. The smallest absolute Gasteiger partial charge is 0.466 e. The average Bonchev–Trinajstić information content (AvgIpc) is 2.49. The normalized spacial score (nSPS) is 12.9. The Labute approximate surface area is 135 Å². The second kappa shape index (κ2) is 8.21. The zero-order valence-corrected chi connectivity index (χ0v) is 12.7. The van der Waals surface area contributed by atoms with Crippen molar-refractivity contribution in [2.75, 3.05) is 0 Å². The monoisotopic (exact) mass is 352 g/mol. The Hall–Kier alpha value is -2.00. The molecule has 24 heavy (non-hydrogen) atoms. The number of nitrogens with zero attached hydrogens (tertiary/aromatic N) is 1. The number of benzene rings is 1. The van der Waals surface area contributed by atoms with Crippen LogP contribution >= 0.6 is 0 Å². The number of unbranched alkanes of at least 4 members (excludes halogenated alkanes) is 1. The van der Waals surface area contributed by atoms with Gasteiger partial charge in [0.15, 0.2) is 0 Å². The number of rotatable bonds is 5. The highest BCUT2D eigenvalue weighted by Crippen LogP contribution is 2.23. The molecule has 0 saturated heterocycles. The van der Waals surface area contributed by atoms with E-state index in [4.69, 9.17) is 10.1 Å². The van der Waals surface area contributed by atoms with Crippen LogP contribution < -0.4 is 5.46 Å². The van der Waals surface area contributed by atoms with Crippen LogP contribution in [0.25, 0.3) is 0 Å². The Bertz CT molecular complexity index is 571. The van der Waals surface area contributed by atoms with Crippen molar-refractivity contribution in [3.05, 3.63) is 30.3 Å². The van der Waals surface area contributed by atoms with Crippen molar-refractivity contribution in [3.8, 4) is 0 Å². The van der Waals surface area contributed by atoms with E-state index >= 15 is 0 Å². The molecule has 3 nitrogen and oxygen atoms in total. The Morgan fingerprint density at radius 1 is 1.08 bits per heavy atom. The van der Waals surface area contributed by atoms with Gasteiger partial charge in [-0.25, -0.2) is 0 Å². The van der Waals surface area contributed by atoms with Crippen molar-refractivity contribution in [1.82, 2.24) is 0 Å². The van der Waals surface area contributed by atoms with Crippen LogP contribution in [0.2, 0.25) is 6.32 Å². The van der Waals surface area contributed by atoms with E-state index in [1.807, 2.05) is 6.92 Å². The molecule has 0 heterocycles. The summed E-state index contributed by atoms with van der Waals surface area (Å²) in [7, 11) is 0. The molecule has 0 spiro atoms. The van der Waals surface area contributed by atoms with Crippen LogP contribution in [0.4, 0.5) is 26.3 Å². The molecule has 1 aromatic rings. The maximum absolute atomic E-state index is 12.9. The fourth-order valence-corrected chi connectivity index (χ4v) is 1.81. The number of aliphatic imine (C=N–C) groups is 1. The maximum atomic E-state index is 12.9. The molecule has 0 bridgehead atoms. The molecule has 1 aromatic carbocycles. The second-order valence-corrected chi connectivity index (χ2v) is 4.92. The molecule has 0 fully saturated rings. The lowest BCUT2D eigenvalue weighted by atomic mass is 9.57. The van der Waals surface area contributed by atoms with Gasteiger partial charge in [0, 0.05) is 0 Å². The molecule has 0 amide bonds. The number of alkyl halides is 6. The van der Waals surface area contributed by atoms with Gasteiger partial charge in [0.2, 0.25) is 5.84 Å². The summed E-state index contributed by atoms with van der Waals surface area (Å²) >= 11 is 0. The van der Waals surface area contributed by atoms with E-state index in [1.165, 1.54) is 12.1 Å². The van der Waals surface area contributed by atoms with E-state index in [0.717, 1.165) is 0 Å². The summed E-state index contributed by atoms with van der Waals surface area (Å²) in [4.78, 5) is 2.32. The summed E-state index contributed by atoms with van der Waals surface area (Å²) < 4.78 is 80.5. The Morgan fingerprint density at radius 2 is 1.67 bits per heavy atom. The van der Waals surface area contributed by atoms with Crippen LogP contribution in [0.15, 0.2) is 35.3 Å². The zero-order chi connectivity index (χ0) is 18.4. The van der Waals surface area contributed by atoms with E-state index in [1.54, 1.807) is 18.2 Å². The maximum Gasteiger partial charge on any atom is 0.466 e. The van der Waals surface area contributed by atoms with E-state index in [-0.39, 0.29) is 6.32 Å². The zero-order valence-electron chi connectivity index (χ0n) is 12.7. The molecule has 10 heteroatoms. The minimum absolute atomic E-state index is 0.176. The third-order valence-corrected chi connectivity index (χ3v) is 2.97. The van der Waals surface area contributed by atoms with Gasteiger partial charge in [-0.2, -0.15) is 31.3 Å². The molecule has 0 atom stereocenters. The molecule has 0 aromatic heterocycles. The van der Waals surface area contributed by atoms with Gasteiger partial charge in [-0.15, -0.1) is 0 Å². The number of hydrogen-bond donors (Lipinski definition) is 1. The van der Waals surface area contributed by atoms with E-state index in [9.17, 15) is 26.3 Å². The topological polar surface area (TPSA) is 45.4 Å². The molecular formula is C14H15BF6N2O. The lowest BCUT2D eigenvalue weighted by Crippen LogP contribution is -2.41. The van der Waals surface area contributed by atoms with Gasteiger partial charge in [-0.3, -0.25) is 5.41 Å². The first-order chi connectivity index (χ1) is 11.1. The fourth-order valence-electron chi connectivity index (χ4n) is 1.81. The molecule has 132 valence electrons. The molecular weight excluding hydrogens is 337 g/mol. The molecule has 0 aliphatic heterocycles. The minimum atomic E-state index is -5.29. The van der Waals surface area contributed by atoms with Crippen molar-refractivity contribution in [2.45, 2.75) is 38.4 Å². The van der Waals surface area contributed by atoms with Crippen LogP contribution in [0.1, 0.15) is 19.8 Å². The van der Waals surface area contributed by atoms with Crippen LogP contribution in [-0.4, -0.2) is 31.0 Å². The molecule has 0 aliphatic rings. The van der Waals surface area contributed by atoms with Crippen LogP contribution in [0, 0.1) is 5.41 Å². The number of halogens is 6. The summed E-state index contributed by atoms with van der Waals surface area (Å²) in [6.07, 6.45) is -9.16. The van der Waals surface area contributed by atoms with Gasteiger partial charge in [0.1, 0.15) is 0 Å². The van der Waals surface area contributed by atoms with Gasteiger partial charge >= 0.3 is 19.3 Å². The molecule has 0 unspecified atom stereocenters. The summed E-state index contributed by atoms with van der Waals surface area (Å²) in [5.74, 6) is -4.44. The van der Waals surface area contributed by atoms with E-state index in [2.05, 4.69) is 4.99 Å². The number of hydrogen-bond acceptors (Lipinski definition) is 2. The summed E-state index contributed by atoms with van der Waals surface area (Å²) in [6.45, 7) is 0.715. The van der Waals surface area contributed by atoms with Crippen molar-refractivity contribution in [3.63, 3.8) is 0 Å². The summed E-state index contributed by atoms with van der Waals surface area (Å²) in [6, 6.07) is 7.85. The molecule has 0 radical (unpaired) electrons. The highest BCUT2D eigenvalue weighted by atomic mass is 19.4. The van der Waals surface area contributed by atoms with Crippen LogP contribution in [0.3, 0.4) is 0 Å². The Morgan fingerprint density at radius 3 is 2.12 bits per heavy atom. The second-order valence-electron chi connectivity index (χ2n) is 4.92. The van der Waals surface area contributed by atoms with Crippen molar-refractivity contribution in [2.24, 2.45) is 4.99 Å². The first kappa shape index (κ1) is 20.1. The van der Waals surface area contributed by atoms with Crippen LogP contribution in [0.5, 0.6) is 0 Å². The van der Waals surface area contributed by atoms with Crippen molar-refractivity contribution in [1.29, 1.82) is 5.41 Å². The third-order valence-electron chi connectivity index (χ3n) is 2.97. The third kappa shape index (κ3) is 6.25. The largest absolute Gasteiger partial charge is 0.539 e. The first-order valence-electron chi connectivity index (χ1n) is 7.09. The van der Waals surface area contributed by atoms with Gasteiger partial charge in [0.25, 0.3) is 5.90 Å². The van der Waals surface area contributed by atoms with E-state index in [0.29, 0.717) is 18.3 Å². The van der Waals surface area contributed by atoms with Gasteiger partial charge < -0.3 is 4.65 Å². The predicted molar refractivity (Wildman–Crippen MR) is 79.9 cm³/mol. The molecule has 1 rings (SSSR count). The summed E-state index contributed by atoms with van der Waals surface area (Å²) in [5, 5.41) is 6.65. The van der Waals surface area contributed by atoms with Gasteiger partial charge in [0.05, 0.1) is 0 Å². The van der Waals surface area contributed by atoms with Crippen LogP contribution in [-0.2, 0) is 4.65 Å². The van der Waals surface area contributed by atoms with Crippen molar-refractivity contribution < 1.29 is 31.0 Å². The molecule has 0 saturated carbocycles. The minimum Gasteiger partial charge on any atom is -0.539 e. The van der Waals surface area contributed by atoms with E-state index < -0.39 is 31.0 Å². The molecule has 0 aliphatic carbocycles. The lowest BCUT2D eigenvalue weighted by molar-refractivity contribution is -0.0725. The highest BCUT2D eigenvalue weighted by molar-refractivity contribution is 6.69. The Kier molecular flexibility index (Phi) is 6.86. The van der Waals surface area contributed by atoms with Gasteiger partial charge in [-0.1, -0.05) is 50.1 Å². The average molecular weight is 352 g/mol. The number of amidine groups is 1. The number of nitrogens with one attached hydrogen (secondary N) is 1. The quantitative estimate of drug-likeness (QED) is 0.367. The first-order valence-corrected chi connectivity index (χ1v) is 7.09. The fraction of sp³-hybridized carbons (Fsp3) is 0.429.